The summed E-state index contributed by atoms with van der Waals surface area (Å²) in [6, 6.07) is 17.1. The van der Waals surface area contributed by atoms with E-state index in [0.29, 0.717) is 27.3 Å². The molecule has 0 unspecified atom stereocenters. The molecule has 0 heterocycles. The number of phenols is 1. The maximum atomic E-state index is 11.4. The normalized spacial score (nSPS) is 10.6. The Kier molecular flexibility index (Phi) is 5.66. The number of benzene rings is 3. The first-order valence-electron chi connectivity index (χ1n) is 8.48. The first kappa shape index (κ1) is 19.5. The molecule has 0 fully saturated rings. The van der Waals surface area contributed by atoms with Crippen molar-refractivity contribution in [3.8, 4) is 28.0 Å². The second-order valence-electron chi connectivity index (χ2n) is 6.38. The van der Waals surface area contributed by atoms with Gasteiger partial charge in [0, 0.05) is 10.6 Å². The number of phenolic OH excluding ortho intramolecular Hbond substituents is 1. The lowest BCUT2D eigenvalue weighted by Gasteiger charge is -2.13. The molecule has 3 aromatic carbocycles. The van der Waals surface area contributed by atoms with Crippen LogP contribution in [0.5, 0.6) is 5.75 Å². The minimum absolute atomic E-state index is 0.0785. The molecule has 5 nitrogen and oxygen atoms in total. The van der Waals surface area contributed by atoms with E-state index in [2.05, 4.69) is 0 Å². The van der Waals surface area contributed by atoms with Gasteiger partial charge in [0.15, 0.2) is 0 Å². The zero-order valence-electron chi connectivity index (χ0n) is 14.7. The van der Waals surface area contributed by atoms with Crippen LogP contribution in [0, 0.1) is 0 Å². The van der Waals surface area contributed by atoms with Crippen LogP contribution in [0.1, 0.15) is 11.1 Å². The topological polar surface area (TPSA) is 94.8 Å². The van der Waals surface area contributed by atoms with Gasteiger partial charge in [0.2, 0.25) is 0 Å². The molecular weight excluding hydrogens is 380 g/mol. The summed E-state index contributed by atoms with van der Waals surface area (Å²) in [5, 5.41) is 28.9. The van der Waals surface area contributed by atoms with E-state index in [0.717, 1.165) is 11.1 Å². The molecule has 0 saturated heterocycles. The van der Waals surface area contributed by atoms with E-state index in [9.17, 15) is 19.8 Å². The number of hydrogen-bond acceptors (Lipinski definition) is 3. The summed E-state index contributed by atoms with van der Waals surface area (Å²) in [7, 11) is 0. The van der Waals surface area contributed by atoms with Gasteiger partial charge in [0.05, 0.1) is 12.8 Å². The molecule has 0 amide bonds. The van der Waals surface area contributed by atoms with Gasteiger partial charge >= 0.3 is 11.9 Å². The molecule has 0 atom stereocenters. The second-order valence-corrected chi connectivity index (χ2v) is 6.79. The fourth-order valence-electron chi connectivity index (χ4n) is 3.15. The zero-order chi connectivity index (χ0) is 20.3. The molecule has 0 aliphatic heterocycles. The Labute approximate surface area is 166 Å². The number of carboxylic acids is 2. The van der Waals surface area contributed by atoms with Crippen molar-refractivity contribution in [2.24, 2.45) is 0 Å². The summed E-state index contributed by atoms with van der Waals surface area (Å²) >= 11 is 6.26. The molecule has 3 N–H and O–H groups in total. The molecular formula is C22H17ClO5. The van der Waals surface area contributed by atoms with Gasteiger partial charge < -0.3 is 15.3 Å². The van der Waals surface area contributed by atoms with Gasteiger partial charge in [-0.25, -0.2) is 0 Å². The Bertz CT molecular complexity index is 1060. The number of rotatable bonds is 6. The van der Waals surface area contributed by atoms with Crippen LogP contribution in [0.4, 0.5) is 0 Å². The highest BCUT2D eigenvalue weighted by atomic mass is 35.5. The maximum Gasteiger partial charge on any atom is 0.307 e. The van der Waals surface area contributed by atoms with Crippen molar-refractivity contribution in [2.75, 3.05) is 0 Å². The van der Waals surface area contributed by atoms with Crippen LogP contribution in [0.25, 0.3) is 22.3 Å². The van der Waals surface area contributed by atoms with Crippen molar-refractivity contribution in [3.05, 3.63) is 76.8 Å². The first-order valence-corrected chi connectivity index (χ1v) is 8.86. The molecule has 28 heavy (non-hydrogen) atoms. The van der Waals surface area contributed by atoms with Gasteiger partial charge in [-0.3, -0.25) is 9.59 Å². The van der Waals surface area contributed by atoms with Gasteiger partial charge in [-0.1, -0.05) is 48.0 Å². The lowest BCUT2D eigenvalue weighted by atomic mass is 9.92. The predicted molar refractivity (Wildman–Crippen MR) is 107 cm³/mol. The Balaban J connectivity index is 2.13. The average Bonchev–Trinajstić information content (AvgIpc) is 2.60. The SMILES string of the molecule is O=C(O)Cc1cc(O)cc(-c2ccc(-c3ccccc3Cl)cc2CC(=O)O)c1. The van der Waals surface area contributed by atoms with E-state index in [4.69, 9.17) is 16.7 Å². The third-order valence-electron chi connectivity index (χ3n) is 4.28. The largest absolute Gasteiger partial charge is 0.508 e. The van der Waals surface area contributed by atoms with Gasteiger partial charge in [-0.15, -0.1) is 0 Å². The van der Waals surface area contributed by atoms with Crippen molar-refractivity contribution in [1.82, 2.24) is 0 Å². The van der Waals surface area contributed by atoms with Crippen LogP contribution in [-0.4, -0.2) is 27.3 Å². The number of hydrogen-bond donors (Lipinski definition) is 3. The summed E-state index contributed by atoms with van der Waals surface area (Å²) < 4.78 is 0. The Morgan fingerprint density at radius 2 is 1.50 bits per heavy atom. The third-order valence-corrected chi connectivity index (χ3v) is 4.61. The Hall–Kier alpha value is -3.31. The summed E-state index contributed by atoms with van der Waals surface area (Å²) in [5.74, 6) is -2.09. The van der Waals surface area contributed by atoms with Gasteiger partial charge in [-0.05, 0) is 52.1 Å². The number of carbonyl (C=O) groups is 2. The summed E-state index contributed by atoms with van der Waals surface area (Å²) in [4.78, 5) is 22.4. The molecule has 0 aliphatic rings. The lowest BCUT2D eigenvalue weighted by molar-refractivity contribution is -0.137. The molecule has 0 spiro atoms. The minimum Gasteiger partial charge on any atom is -0.508 e. The quantitative estimate of drug-likeness (QED) is 0.564. The highest BCUT2D eigenvalue weighted by Gasteiger charge is 2.14. The van der Waals surface area contributed by atoms with Gasteiger partial charge in [-0.2, -0.15) is 0 Å². The van der Waals surface area contributed by atoms with Crippen molar-refractivity contribution in [1.29, 1.82) is 0 Å². The van der Waals surface area contributed by atoms with Crippen molar-refractivity contribution < 1.29 is 24.9 Å². The lowest BCUT2D eigenvalue weighted by Crippen LogP contribution is -2.03. The van der Waals surface area contributed by atoms with Crippen molar-refractivity contribution >= 4 is 23.5 Å². The van der Waals surface area contributed by atoms with Gasteiger partial charge in [0.25, 0.3) is 0 Å². The minimum atomic E-state index is -1.02. The molecule has 0 bridgehead atoms. The number of halogens is 1. The molecule has 3 rings (SSSR count). The van der Waals surface area contributed by atoms with Crippen LogP contribution in [0.2, 0.25) is 5.02 Å². The van der Waals surface area contributed by atoms with E-state index in [-0.39, 0.29) is 18.6 Å². The van der Waals surface area contributed by atoms with Gasteiger partial charge in [0.1, 0.15) is 5.75 Å². The van der Waals surface area contributed by atoms with Crippen molar-refractivity contribution in [3.63, 3.8) is 0 Å². The van der Waals surface area contributed by atoms with Crippen LogP contribution < -0.4 is 0 Å². The Morgan fingerprint density at radius 1 is 0.786 bits per heavy atom. The monoisotopic (exact) mass is 396 g/mol. The van der Waals surface area contributed by atoms with Crippen molar-refractivity contribution in [2.45, 2.75) is 12.8 Å². The maximum absolute atomic E-state index is 11.4. The molecule has 0 radical (unpaired) electrons. The number of aromatic hydroxyl groups is 1. The first-order chi connectivity index (χ1) is 13.3. The Morgan fingerprint density at radius 3 is 2.18 bits per heavy atom. The van der Waals surface area contributed by atoms with Crippen LogP contribution >= 0.6 is 11.6 Å². The predicted octanol–water partition coefficient (Wildman–Crippen LogP) is 4.63. The second kappa shape index (κ2) is 8.15. The summed E-state index contributed by atoms with van der Waals surface area (Å²) in [6.45, 7) is 0. The summed E-state index contributed by atoms with van der Waals surface area (Å²) in [5.41, 5.74) is 3.69. The van der Waals surface area contributed by atoms with E-state index < -0.39 is 11.9 Å². The standard InChI is InChI=1S/C22H17ClO5/c23-20-4-2-1-3-19(20)14-5-6-18(16(10-14)12-22(27)28)15-7-13(9-21(25)26)8-17(24)11-15/h1-8,10-11,24H,9,12H2,(H,25,26)(H,27,28). The molecule has 3 aromatic rings. The fraction of sp³-hybridized carbons (Fsp3) is 0.0909. The summed E-state index contributed by atoms with van der Waals surface area (Å²) in [6.07, 6.45) is -0.467. The molecule has 0 aromatic heterocycles. The van der Waals surface area contributed by atoms with E-state index in [1.807, 2.05) is 24.3 Å². The number of aliphatic carboxylic acids is 2. The molecule has 142 valence electrons. The van der Waals surface area contributed by atoms with E-state index >= 15 is 0 Å². The van der Waals surface area contributed by atoms with Crippen LogP contribution in [-0.2, 0) is 22.4 Å². The fourth-order valence-corrected chi connectivity index (χ4v) is 3.40. The highest BCUT2D eigenvalue weighted by Crippen LogP contribution is 2.34. The highest BCUT2D eigenvalue weighted by molar-refractivity contribution is 6.33. The van der Waals surface area contributed by atoms with Crippen LogP contribution in [0.3, 0.4) is 0 Å². The molecule has 0 aliphatic carbocycles. The number of carboxylic acid groups (broad SMARTS) is 2. The van der Waals surface area contributed by atoms with E-state index in [1.54, 1.807) is 24.3 Å². The third kappa shape index (κ3) is 4.50. The molecule has 6 heteroatoms. The smallest absolute Gasteiger partial charge is 0.307 e. The van der Waals surface area contributed by atoms with E-state index in [1.165, 1.54) is 12.1 Å². The average molecular weight is 397 g/mol. The zero-order valence-corrected chi connectivity index (χ0v) is 15.5. The van der Waals surface area contributed by atoms with Crippen LogP contribution in [0.15, 0.2) is 60.7 Å². The molecule has 0 saturated carbocycles.